The van der Waals surface area contributed by atoms with Crippen molar-refractivity contribution in [1.82, 2.24) is 0 Å². The number of nitro benzene ring substituents is 1. The molecule has 1 saturated heterocycles. The first-order chi connectivity index (χ1) is 15.1. The molecule has 170 valence electrons. The molecule has 1 heterocycles. The fraction of sp³-hybridized carbons (Fsp3) is 0.364. The maximum absolute atomic E-state index is 13.6. The fourth-order valence-electron chi connectivity index (χ4n) is 3.92. The number of esters is 1. The van der Waals surface area contributed by atoms with E-state index in [9.17, 15) is 28.5 Å². The van der Waals surface area contributed by atoms with Crippen LogP contribution < -0.4 is 10.2 Å². The van der Waals surface area contributed by atoms with Gasteiger partial charge in [0.2, 0.25) is 0 Å². The largest absolute Gasteiger partial charge is 0.452 e. The Morgan fingerprint density at radius 2 is 1.84 bits per heavy atom. The molecule has 10 heteroatoms. The molecule has 0 unspecified atom stereocenters. The van der Waals surface area contributed by atoms with E-state index in [0.29, 0.717) is 36.7 Å². The third-order valence-electron chi connectivity index (χ3n) is 5.16. The molecule has 0 aliphatic carbocycles. The molecule has 2 aromatic carbocycles. The number of hydrogen-bond acceptors (Lipinski definition) is 6. The molecule has 1 aliphatic rings. The van der Waals surface area contributed by atoms with Gasteiger partial charge >= 0.3 is 5.97 Å². The van der Waals surface area contributed by atoms with Crippen molar-refractivity contribution in [2.24, 2.45) is 11.8 Å². The van der Waals surface area contributed by atoms with E-state index in [1.807, 2.05) is 4.90 Å². The molecule has 3 rings (SSSR count). The molecule has 0 radical (unpaired) electrons. The van der Waals surface area contributed by atoms with Gasteiger partial charge in [0, 0.05) is 25.2 Å². The van der Waals surface area contributed by atoms with E-state index in [4.69, 9.17) is 4.74 Å². The molecule has 8 nitrogen and oxygen atoms in total. The van der Waals surface area contributed by atoms with Crippen molar-refractivity contribution < 1.29 is 28.0 Å². The predicted octanol–water partition coefficient (Wildman–Crippen LogP) is 4.15. The van der Waals surface area contributed by atoms with Gasteiger partial charge in [-0.1, -0.05) is 13.8 Å². The lowest BCUT2D eigenvalue weighted by atomic mass is 9.91. The normalized spacial score (nSPS) is 18.2. The van der Waals surface area contributed by atoms with Crippen LogP contribution in [-0.2, 0) is 9.53 Å². The highest BCUT2D eigenvalue weighted by Crippen LogP contribution is 2.34. The highest BCUT2D eigenvalue weighted by atomic mass is 19.1. The second-order valence-corrected chi connectivity index (χ2v) is 8.06. The number of hydrogen-bond donors (Lipinski definition) is 1. The number of carbonyl (C=O) groups is 2. The minimum Gasteiger partial charge on any atom is -0.452 e. The van der Waals surface area contributed by atoms with Gasteiger partial charge in [-0.3, -0.25) is 14.9 Å². The van der Waals surface area contributed by atoms with Gasteiger partial charge in [0.25, 0.3) is 11.6 Å². The number of rotatable bonds is 6. The van der Waals surface area contributed by atoms with E-state index < -0.39 is 35.0 Å². The third kappa shape index (κ3) is 5.57. The van der Waals surface area contributed by atoms with E-state index in [0.717, 1.165) is 24.6 Å². The van der Waals surface area contributed by atoms with Gasteiger partial charge in [-0.2, -0.15) is 0 Å². The number of piperidine rings is 1. The standard InChI is InChI=1S/C22H23F2N3O5/c1-13-7-14(2)11-26(10-13)19-6-3-15(8-20(19)27(30)31)22(29)32-12-21(28)25-18-5-4-16(23)9-17(18)24/h3-6,8-9,13-14H,7,10-12H2,1-2H3,(H,25,28)/t13-,14+. The minimum atomic E-state index is -0.975. The molecule has 1 aliphatic heterocycles. The summed E-state index contributed by atoms with van der Waals surface area (Å²) in [5, 5.41) is 13.8. The summed E-state index contributed by atoms with van der Waals surface area (Å²) in [5.41, 5.74) is -0.148. The van der Waals surface area contributed by atoms with Gasteiger partial charge in [0.1, 0.15) is 17.3 Å². The molecular weight excluding hydrogens is 424 g/mol. The van der Waals surface area contributed by atoms with Gasteiger partial charge in [0.05, 0.1) is 16.2 Å². The Morgan fingerprint density at radius 1 is 1.16 bits per heavy atom. The van der Waals surface area contributed by atoms with Crippen LogP contribution in [0, 0.1) is 33.6 Å². The monoisotopic (exact) mass is 447 g/mol. The molecule has 2 aromatic rings. The highest BCUT2D eigenvalue weighted by Gasteiger charge is 2.28. The summed E-state index contributed by atoms with van der Waals surface area (Å²) in [5.74, 6) is -2.79. The summed E-state index contributed by atoms with van der Waals surface area (Å²) < 4.78 is 31.4. The molecule has 1 fully saturated rings. The maximum Gasteiger partial charge on any atom is 0.338 e. The van der Waals surface area contributed by atoms with Gasteiger partial charge in [-0.15, -0.1) is 0 Å². The van der Waals surface area contributed by atoms with E-state index in [-0.39, 0.29) is 16.9 Å². The topological polar surface area (TPSA) is 102 Å². The Bertz CT molecular complexity index is 1040. The average molecular weight is 447 g/mol. The Labute approximate surface area is 183 Å². The van der Waals surface area contributed by atoms with Crippen LogP contribution in [0.15, 0.2) is 36.4 Å². The van der Waals surface area contributed by atoms with Crippen LogP contribution in [0.1, 0.15) is 30.6 Å². The van der Waals surface area contributed by atoms with E-state index >= 15 is 0 Å². The number of halogens is 2. The first-order valence-electron chi connectivity index (χ1n) is 10.1. The zero-order valence-electron chi connectivity index (χ0n) is 17.6. The van der Waals surface area contributed by atoms with Crippen LogP contribution in [0.4, 0.5) is 25.8 Å². The molecule has 1 N–H and O–H groups in total. The lowest BCUT2D eigenvalue weighted by molar-refractivity contribution is -0.384. The summed E-state index contributed by atoms with van der Waals surface area (Å²) in [6.07, 6.45) is 1.04. The van der Waals surface area contributed by atoms with E-state index in [1.165, 1.54) is 12.1 Å². The summed E-state index contributed by atoms with van der Waals surface area (Å²) in [6, 6.07) is 6.65. The molecule has 0 bridgehead atoms. The lowest BCUT2D eigenvalue weighted by Gasteiger charge is -2.36. The van der Waals surface area contributed by atoms with Crippen molar-refractivity contribution in [3.8, 4) is 0 Å². The summed E-state index contributed by atoms with van der Waals surface area (Å²) in [7, 11) is 0. The van der Waals surface area contributed by atoms with Gasteiger partial charge < -0.3 is 15.0 Å². The SMILES string of the molecule is C[C@@H]1C[C@H](C)CN(c2ccc(C(=O)OCC(=O)Nc3ccc(F)cc3F)cc2[N+](=O)[O-])C1. The Kier molecular flexibility index (Phi) is 7.01. The smallest absolute Gasteiger partial charge is 0.338 e. The average Bonchev–Trinajstić information content (AvgIpc) is 2.73. The number of benzene rings is 2. The quantitative estimate of drug-likeness (QED) is 0.406. The van der Waals surface area contributed by atoms with Crippen LogP contribution in [0.2, 0.25) is 0 Å². The van der Waals surface area contributed by atoms with Crippen molar-refractivity contribution in [3.05, 3.63) is 63.7 Å². The first-order valence-corrected chi connectivity index (χ1v) is 10.1. The van der Waals surface area contributed by atoms with Crippen molar-refractivity contribution in [2.75, 3.05) is 29.9 Å². The molecular formula is C22H23F2N3O5. The predicted molar refractivity (Wildman–Crippen MR) is 114 cm³/mol. The highest BCUT2D eigenvalue weighted by molar-refractivity contribution is 5.96. The van der Waals surface area contributed by atoms with Gasteiger partial charge in [-0.05, 0) is 42.5 Å². The lowest BCUT2D eigenvalue weighted by Crippen LogP contribution is -2.39. The molecule has 0 spiro atoms. The second kappa shape index (κ2) is 9.71. The van der Waals surface area contributed by atoms with Crippen molar-refractivity contribution in [3.63, 3.8) is 0 Å². The number of ether oxygens (including phenoxy) is 1. The summed E-state index contributed by atoms with van der Waals surface area (Å²) in [6.45, 7) is 4.78. The molecule has 1 amide bonds. The van der Waals surface area contributed by atoms with Crippen LogP contribution in [0.25, 0.3) is 0 Å². The number of anilines is 2. The Hall–Kier alpha value is -3.56. The number of nitrogens with zero attached hydrogens (tertiary/aromatic N) is 2. The molecule has 0 aromatic heterocycles. The molecule has 2 atom stereocenters. The summed E-state index contributed by atoms with van der Waals surface area (Å²) in [4.78, 5) is 37.3. The Morgan fingerprint density at radius 3 is 2.47 bits per heavy atom. The van der Waals surface area contributed by atoms with E-state index in [1.54, 1.807) is 0 Å². The maximum atomic E-state index is 13.6. The number of nitrogens with one attached hydrogen (secondary N) is 1. The second-order valence-electron chi connectivity index (χ2n) is 8.06. The molecule has 0 saturated carbocycles. The van der Waals surface area contributed by atoms with Crippen LogP contribution in [0.3, 0.4) is 0 Å². The zero-order valence-corrected chi connectivity index (χ0v) is 17.6. The number of nitro groups is 1. The molecule has 32 heavy (non-hydrogen) atoms. The van der Waals surface area contributed by atoms with Crippen molar-refractivity contribution in [1.29, 1.82) is 0 Å². The van der Waals surface area contributed by atoms with Crippen molar-refractivity contribution >= 4 is 28.9 Å². The first kappa shape index (κ1) is 23.1. The van der Waals surface area contributed by atoms with Gasteiger partial charge in [-0.25, -0.2) is 13.6 Å². The fourth-order valence-corrected chi connectivity index (χ4v) is 3.92. The summed E-state index contributed by atoms with van der Waals surface area (Å²) >= 11 is 0. The minimum absolute atomic E-state index is 0.0840. The van der Waals surface area contributed by atoms with Crippen molar-refractivity contribution in [2.45, 2.75) is 20.3 Å². The number of amides is 1. The number of carbonyl (C=O) groups excluding carboxylic acids is 2. The van der Waals surface area contributed by atoms with Crippen LogP contribution in [0.5, 0.6) is 0 Å². The van der Waals surface area contributed by atoms with Crippen LogP contribution >= 0.6 is 0 Å². The Balaban J connectivity index is 1.68. The van der Waals surface area contributed by atoms with Crippen LogP contribution in [-0.4, -0.2) is 36.5 Å². The van der Waals surface area contributed by atoms with Gasteiger partial charge in [0.15, 0.2) is 6.61 Å². The zero-order chi connectivity index (χ0) is 23.4. The third-order valence-corrected chi connectivity index (χ3v) is 5.16. The van der Waals surface area contributed by atoms with E-state index in [2.05, 4.69) is 19.2 Å².